The number of ether oxygens (including phenoxy) is 3. The van der Waals surface area contributed by atoms with E-state index in [1.807, 2.05) is 0 Å². The Morgan fingerprint density at radius 2 is 1.17 bits per heavy atom. The van der Waals surface area contributed by atoms with Crippen LogP contribution in [0.4, 0.5) is 9.59 Å². The standard InChI is InChI=1S/C12H23N.C6H10O5/c1-2-3-4-5-6-7-8-9-10-11-12-13;1-3-9-5(7)11-6(8)10-4-2/h2-11H2,1H3;3-4H2,1-2H3. The van der Waals surface area contributed by atoms with Crippen LogP contribution >= 0.6 is 0 Å². The van der Waals surface area contributed by atoms with Crippen LogP contribution in [0.5, 0.6) is 0 Å². The molecule has 0 aliphatic heterocycles. The predicted octanol–water partition coefficient (Wildman–Crippen LogP) is 5.75. The Balaban J connectivity index is 0. The van der Waals surface area contributed by atoms with Crippen molar-refractivity contribution in [3.8, 4) is 6.07 Å². The number of hydrogen-bond acceptors (Lipinski definition) is 6. The smallest absolute Gasteiger partial charge is 0.434 e. The number of rotatable bonds is 11. The summed E-state index contributed by atoms with van der Waals surface area (Å²) < 4.78 is 12.6. The summed E-state index contributed by atoms with van der Waals surface area (Å²) in [7, 11) is 0. The lowest BCUT2D eigenvalue weighted by Crippen LogP contribution is -2.14. The van der Waals surface area contributed by atoms with Gasteiger partial charge < -0.3 is 14.2 Å². The van der Waals surface area contributed by atoms with Crippen LogP contribution in [-0.2, 0) is 14.2 Å². The maximum absolute atomic E-state index is 10.4. The lowest BCUT2D eigenvalue weighted by Gasteiger charge is -2.01. The molecule has 0 saturated heterocycles. The monoisotopic (exact) mass is 343 g/mol. The van der Waals surface area contributed by atoms with Gasteiger partial charge in [0.05, 0.1) is 19.3 Å². The molecule has 0 fully saturated rings. The zero-order valence-electron chi connectivity index (χ0n) is 15.5. The van der Waals surface area contributed by atoms with E-state index >= 15 is 0 Å². The minimum absolute atomic E-state index is 0.165. The van der Waals surface area contributed by atoms with Crippen molar-refractivity contribution in [2.24, 2.45) is 0 Å². The van der Waals surface area contributed by atoms with Gasteiger partial charge in [0.1, 0.15) is 0 Å². The van der Waals surface area contributed by atoms with E-state index in [9.17, 15) is 9.59 Å². The van der Waals surface area contributed by atoms with E-state index in [4.69, 9.17) is 5.26 Å². The van der Waals surface area contributed by atoms with Gasteiger partial charge in [0.2, 0.25) is 0 Å². The molecule has 0 aromatic heterocycles. The number of hydrogen-bond donors (Lipinski definition) is 0. The third-order valence-corrected chi connectivity index (χ3v) is 3.08. The lowest BCUT2D eigenvalue weighted by atomic mass is 10.1. The minimum Gasteiger partial charge on any atom is -0.434 e. The zero-order chi connectivity index (χ0) is 18.5. The van der Waals surface area contributed by atoms with E-state index in [0.29, 0.717) is 0 Å². The first kappa shape index (κ1) is 24.5. The van der Waals surface area contributed by atoms with Crippen molar-refractivity contribution in [2.45, 2.75) is 85.0 Å². The average molecular weight is 343 g/mol. The second-order valence-electron chi connectivity index (χ2n) is 5.20. The molecule has 0 heterocycles. The van der Waals surface area contributed by atoms with Crippen LogP contribution in [0.2, 0.25) is 0 Å². The highest BCUT2D eigenvalue weighted by Crippen LogP contribution is 2.09. The summed E-state index contributed by atoms with van der Waals surface area (Å²) >= 11 is 0. The van der Waals surface area contributed by atoms with Crippen LogP contribution in [0.25, 0.3) is 0 Å². The van der Waals surface area contributed by atoms with Crippen molar-refractivity contribution in [2.75, 3.05) is 13.2 Å². The Labute approximate surface area is 146 Å². The van der Waals surface area contributed by atoms with Crippen LogP contribution in [0.1, 0.15) is 85.0 Å². The van der Waals surface area contributed by atoms with Crippen molar-refractivity contribution >= 4 is 12.3 Å². The molecule has 140 valence electrons. The van der Waals surface area contributed by atoms with E-state index in [1.54, 1.807) is 13.8 Å². The molecule has 0 aliphatic carbocycles. The van der Waals surface area contributed by atoms with Gasteiger partial charge in [-0.05, 0) is 20.3 Å². The Hall–Kier alpha value is -1.77. The zero-order valence-corrected chi connectivity index (χ0v) is 15.5. The average Bonchev–Trinajstić information content (AvgIpc) is 2.54. The van der Waals surface area contributed by atoms with Crippen molar-refractivity contribution in [1.82, 2.24) is 0 Å². The van der Waals surface area contributed by atoms with Gasteiger partial charge in [-0.2, -0.15) is 5.26 Å². The molecule has 6 nitrogen and oxygen atoms in total. The van der Waals surface area contributed by atoms with Gasteiger partial charge in [0.25, 0.3) is 0 Å². The summed E-state index contributed by atoms with van der Waals surface area (Å²) in [5.41, 5.74) is 0. The van der Waals surface area contributed by atoms with Crippen molar-refractivity contribution in [1.29, 1.82) is 5.26 Å². The molecular weight excluding hydrogens is 310 g/mol. The molecular formula is C18H33NO5. The molecule has 0 bridgehead atoms. The van der Waals surface area contributed by atoms with Crippen LogP contribution in [-0.4, -0.2) is 25.5 Å². The van der Waals surface area contributed by atoms with Gasteiger partial charge in [-0.15, -0.1) is 0 Å². The van der Waals surface area contributed by atoms with Gasteiger partial charge in [0, 0.05) is 6.42 Å². The molecule has 0 aromatic carbocycles. The predicted molar refractivity (Wildman–Crippen MR) is 92.6 cm³/mol. The fourth-order valence-electron chi connectivity index (χ4n) is 1.88. The molecule has 0 unspecified atom stereocenters. The van der Waals surface area contributed by atoms with Crippen LogP contribution in [0.15, 0.2) is 0 Å². The van der Waals surface area contributed by atoms with Gasteiger partial charge in [-0.3, -0.25) is 0 Å². The largest absolute Gasteiger partial charge is 0.518 e. The number of nitrogens with zero attached hydrogens (tertiary/aromatic N) is 1. The van der Waals surface area contributed by atoms with E-state index in [2.05, 4.69) is 27.2 Å². The molecule has 0 N–H and O–H groups in total. The third-order valence-electron chi connectivity index (χ3n) is 3.08. The van der Waals surface area contributed by atoms with Crippen LogP contribution in [0, 0.1) is 11.3 Å². The fraction of sp³-hybridized carbons (Fsp3) is 0.833. The van der Waals surface area contributed by atoms with Crippen LogP contribution < -0.4 is 0 Å². The summed E-state index contributed by atoms with van der Waals surface area (Å²) in [6.45, 7) is 5.79. The molecule has 0 atom stereocenters. The summed E-state index contributed by atoms with van der Waals surface area (Å²) in [5.74, 6) is 0. The number of unbranched alkanes of at least 4 members (excludes halogenated alkanes) is 9. The number of carbonyl (C=O) groups is 2. The van der Waals surface area contributed by atoms with Gasteiger partial charge >= 0.3 is 12.3 Å². The first-order valence-corrected chi connectivity index (χ1v) is 9.00. The molecule has 24 heavy (non-hydrogen) atoms. The molecule has 0 aromatic rings. The first-order chi connectivity index (χ1) is 11.6. The fourth-order valence-corrected chi connectivity index (χ4v) is 1.88. The Morgan fingerprint density at radius 1 is 0.750 bits per heavy atom. The first-order valence-electron chi connectivity index (χ1n) is 9.00. The minimum atomic E-state index is -1.04. The molecule has 0 aliphatic rings. The van der Waals surface area contributed by atoms with Crippen molar-refractivity contribution in [3.63, 3.8) is 0 Å². The Bertz CT molecular complexity index is 323. The summed E-state index contributed by atoms with van der Waals surface area (Å²) in [6, 6.07) is 2.19. The van der Waals surface area contributed by atoms with Crippen molar-refractivity contribution < 1.29 is 23.8 Å². The molecule has 0 saturated carbocycles. The molecule has 6 heteroatoms. The highest BCUT2D eigenvalue weighted by Gasteiger charge is 2.10. The van der Waals surface area contributed by atoms with Crippen molar-refractivity contribution in [3.05, 3.63) is 0 Å². The quantitative estimate of drug-likeness (QED) is 0.270. The SMILES string of the molecule is CCCCCCCCCCCC#N.CCOC(=O)OC(=O)OCC. The van der Waals surface area contributed by atoms with E-state index < -0.39 is 12.3 Å². The second kappa shape index (κ2) is 21.2. The highest BCUT2D eigenvalue weighted by atomic mass is 16.8. The van der Waals surface area contributed by atoms with E-state index in [1.165, 1.54) is 51.4 Å². The summed E-state index contributed by atoms with van der Waals surface area (Å²) in [5, 5.41) is 8.32. The summed E-state index contributed by atoms with van der Waals surface area (Å²) in [6.07, 6.45) is 10.7. The maximum atomic E-state index is 10.4. The van der Waals surface area contributed by atoms with E-state index in [-0.39, 0.29) is 13.2 Å². The highest BCUT2D eigenvalue weighted by molar-refractivity contribution is 5.76. The molecule has 0 radical (unpaired) electrons. The van der Waals surface area contributed by atoms with E-state index in [0.717, 1.165) is 12.8 Å². The number of carbonyl (C=O) groups excluding carboxylic acids is 2. The Kier molecular flexibility index (Phi) is 21.7. The molecule has 0 amide bonds. The van der Waals surface area contributed by atoms with Gasteiger partial charge in [0.15, 0.2) is 0 Å². The summed E-state index contributed by atoms with van der Waals surface area (Å²) in [4.78, 5) is 20.8. The van der Waals surface area contributed by atoms with Gasteiger partial charge in [-0.25, -0.2) is 9.59 Å². The molecule has 0 rings (SSSR count). The lowest BCUT2D eigenvalue weighted by molar-refractivity contribution is 0.0409. The third kappa shape index (κ3) is 22.5. The second-order valence-corrected chi connectivity index (χ2v) is 5.20. The molecule has 0 spiro atoms. The normalized spacial score (nSPS) is 9.25. The topological polar surface area (TPSA) is 85.6 Å². The maximum Gasteiger partial charge on any atom is 0.518 e. The van der Waals surface area contributed by atoms with Gasteiger partial charge in [-0.1, -0.05) is 58.3 Å². The number of nitriles is 1. The Morgan fingerprint density at radius 3 is 1.54 bits per heavy atom. The van der Waals surface area contributed by atoms with Crippen LogP contribution in [0.3, 0.4) is 0 Å².